The van der Waals surface area contributed by atoms with Gasteiger partial charge in [0.2, 0.25) is 5.91 Å². The maximum absolute atomic E-state index is 11.9. The number of nitrogens with one attached hydrogen (secondary N) is 2. The topological polar surface area (TPSA) is 50.4 Å². The lowest BCUT2D eigenvalue weighted by molar-refractivity contribution is -0.125. The molecule has 112 valence electrons. The lowest BCUT2D eigenvalue weighted by Crippen LogP contribution is -2.46. The molecule has 2 N–H and O–H groups in total. The van der Waals surface area contributed by atoms with Crippen molar-refractivity contribution in [2.24, 2.45) is 5.41 Å². The Labute approximate surface area is 122 Å². The van der Waals surface area contributed by atoms with Gasteiger partial charge in [0.05, 0.1) is 12.5 Å². The zero-order valence-electron chi connectivity index (χ0n) is 11.9. The van der Waals surface area contributed by atoms with E-state index in [4.69, 9.17) is 4.74 Å². The van der Waals surface area contributed by atoms with Gasteiger partial charge in [0, 0.05) is 19.7 Å². The highest BCUT2D eigenvalue weighted by Gasteiger charge is 2.27. The third-order valence-corrected chi connectivity index (χ3v) is 4.09. The van der Waals surface area contributed by atoms with Gasteiger partial charge in [-0.25, -0.2) is 0 Å². The van der Waals surface area contributed by atoms with Crippen LogP contribution in [-0.2, 0) is 9.53 Å². The largest absolute Gasteiger partial charge is 0.378 e. The average molecular weight is 291 g/mol. The summed E-state index contributed by atoms with van der Waals surface area (Å²) in [6.07, 6.45) is 6.45. The minimum atomic E-state index is 0. The lowest BCUT2D eigenvalue weighted by atomic mass is 9.83. The lowest BCUT2D eigenvalue weighted by Gasteiger charge is -2.34. The number of hydrogen-bond acceptors (Lipinski definition) is 3. The highest BCUT2D eigenvalue weighted by atomic mass is 35.5. The molecule has 2 fully saturated rings. The highest BCUT2D eigenvalue weighted by molar-refractivity contribution is 5.85. The SMILES string of the molecule is CC1(CNC(=O)CC2CCCCO2)CCCNC1.Cl. The van der Waals surface area contributed by atoms with Crippen molar-refractivity contribution < 1.29 is 9.53 Å². The molecule has 0 spiro atoms. The Morgan fingerprint density at radius 3 is 2.89 bits per heavy atom. The number of halogens is 1. The maximum atomic E-state index is 11.9. The van der Waals surface area contributed by atoms with Gasteiger partial charge in [-0.15, -0.1) is 12.4 Å². The number of rotatable bonds is 4. The summed E-state index contributed by atoms with van der Waals surface area (Å²) in [4.78, 5) is 11.9. The van der Waals surface area contributed by atoms with Crippen LogP contribution in [0.2, 0.25) is 0 Å². The molecule has 2 aliphatic rings. The summed E-state index contributed by atoms with van der Waals surface area (Å²) >= 11 is 0. The summed E-state index contributed by atoms with van der Waals surface area (Å²) in [6, 6.07) is 0. The van der Waals surface area contributed by atoms with Crippen LogP contribution >= 0.6 is 12.4 Å². The smallest absolute Gasteiger partial charge is 0.222 e. The predicted octanol–water partition coefficient (Wildman–Crippen LogP) is 1.87. The standard InChI is InChI=1S/C14H26N2O2.ClH/c1-14(6-4-7-15-10-14)11-16-13(17)9-12-5-2-3-8-18-12;/h12,15H,2-11H2,1H3,(H,16,17);1H. The van der Waals surface area contributed by atoms with E-state index in [1.54, 1.807) is 0 Å². The summed E-state index contributed by atoms with van der Waals surface area (Å²) in [5.41, 5.74) is 0.224. The van der Waals surface area contributed by atoms with Gasteiger partial charge in [0.25, 0.3) is 0 Å². The minimum Gasteiger partial charge on any atom is -0.378 e. The molecule has 2 saturated heterocycles. The quantitative estimate of drug-likeness (QED) is 0.831. The van der Waals surface area contributed by atoms with Crippen LogP contribution in [0.3, 0.4) is 0 Å². The Morgan fingerprint density at radius 1 is 1.42 bits per heavy atom. The summed E-state index contributed by atoms with van der Waals surface area (Å²) in [7, 11) is 0. The first-order valence-electron chi connectivity index (χ1n) is 7.27. The van der Waals surface area contributed by atoms with Gasteiger partial charge in [-0.05, 0) is 44.1 Å². The predicted molar refractivity (Wildman–Crippen MR) is 78.7 cm³/mol. The zero-order valence-corrected chi connectivity index (χ0v) is 12.7. The summed E-state index contributed by atoms with van der Waals surface area (Å²) in [5.74, 6) is 0.147. The molecule has 2 unspecified atom stereocenters. The van der Waals surface area contributed by atoms with E-state index in [1.165, 1.54) is 19.3 Å². The fraction of sp³-hybridized carbons (Fsp3) is 0.929. The number of amides is 1. The maximum Gasteiger partial charge on any atom is 0.222 e. The number of hydrogen-bond donors (Lipinski definition) is 2. The molecule has 0 aromatic carbocycles. The number of carbonyl (C=O) groups excluding carboxylic acids is 1. The third kappa shape index (κ3) is 5.67. The Kier molecular flexibility index (Phi) is 7.11. The van der Waals surface area contributed by atoms with Gasteiger partial charge in [-0.2, -0.15) is 0 Å². The van der Waals surface area contributed by atoms with Crippen LogP contribution in [0.1, 0.15) is 45.4 Å². The Hall–Kier alpha value is -0.320. The van der Waals surface area contributed by atoms with Gasteiger partial charge in [0.15, 0.2) is 0 Å². The van der Waals surface area contributed by atoms with E-state index >= 15 is 0 Å². The third-order valence-electron chi connectivity index (χ3n) is 4.09. The van der Waals surface area contributed by atoms with E-state index < -0.39 is 0 Å². The molecule has 0 bridgehead atoms. The van der Waals surface area contributed by atoms with Crippen LogP contribution in [0.4, 0.5) is 0 Å². The summed E-state index contributed by atoms with van der Waals surface area (Å²) in [5, 5.41) is 6.49. The Balaban J connectivity index is 0.00000180. The molecule has 4 nitrogen and oxygen atoms in total. The first kappa shape index (κ1) is 16.7. The molecule has 2 aliphatic heterocycles. The molecule has 0 radical (unpaired) electrons. The van der Waals surface area contributed by atoms with Gasteiger partial charge in [-0.3, -0.25) is 4.79 Å². The van der Waals surface area contributed by atoms with Crippen molar-refractivity contribution in [1.82, 2.24) is 10.6 Å². The number of carbonyl (C=O) groups is 1. The molecule has 1 amide bonds. The first-order chi connectivity index (χ1) is 8.68. The van der Waals surface area contributed by atoms with Crippen LogP contribution < -0.4 is 10.6 Å². The molecule has 0 aliphatic carbocycles. The van der Waals surface area contributed by atoms with E-state index in [-0.39, 0.29) is 29.8 Å². The molecule has 5 heteroatoms. The van der Waals surface area contributed by atoms with Crippen LogP contribution in [-0.4, -0.2) is 38.3 Å². The van der Waals surface area contributed by atoms with E-state index in [9.17, 15) is 4.79 Å². The highest BCUT2D eigenvalue weighted by Crippen LogP contribution is 2.24. The van der Waals surface area contributed by atoms with Gasteiger partial charge in [0.1, 0.15) is 0 Å². The molecule has 2 atom stereocenters. The second-order valence-corrected chi connectivity index (χ2v) is 6.06. The van der Waals surface area contributed by atoms with Gasteiger partial charge in [-0.1, -0.05) is 6.92 Å². The molecule has 19 heavy (non-hydrogen) atoms. The van der Waals surface area contributed by atoms with E-state index in [1.807, 2.05) is 0 Å². The van der Waals surface area contributed by atoms with Crippen LogP contribution in [0.5, 0.6) is 0 Å². The van der Waals surface area contributed by atoms with Crippen molar-refractivity contribution in [1.29, 1.82) is 0 Å². The minimum absolute atomic E-state index is 0. The van der Waals surface area contributed by atoms with Crippen molar-refractivity contribution in [3.8, 4) is 0 Å². The molecule has 2 rings (SSSR count). The van der Waals surface area contributed by atoms with Crippen molar-refractivity contribution in [3.05, 3.63) is 0 Å². The fourth-order valence-corrected chi connectivity index (χ4v) is 2.83. The van der Waals surface area contributed by atoms with E-state index in [0.717, 1.165) is 39.1 Å². The van der Waals surface area contributed by atoms with Gasteiger partial charge < -0.3 is 15.4 Å². The summed E-state index contributed by atoms with van der Waals surface area (Å²) in [6.45, 7) is 5.97. The van der Waals surface area contributed by atoms with Crippen LogP contribution in [0.25, 0.3) is 0 Å². The molecule has 2 heterocycles. The Bertz CT molecular complexity index is 275. The monoisotopic (exact) mass is 290 g/mol. The van der Waals surface area contributed by atoms with Crippen LogP contribution in [0.15, 0.2) is 0 Å². The second-order valence-electron chi connectivity index (χ2n) is 6.06. The molecule has 0 saturated carbocycles. The number of ether oxygens (including phenoxy) is 1. The normalized spacial score (nSPS) is 31.3. The van der Waals surface area contributed by atoms with E-state index in [2.05, 4.69) is 17.6 Å². The molecule has 0 aromatic heterocycles. The zero-order chi connectivity index (χ0) is 12.8. The van der Waals surface area contributed by atoms with E-state index in [0.29, 0.717) is 6.42 Å². The first-order valence-corrected chi connectivity index (χ1v) is 7.27. The van der Waals surface area contributed by atoms with Gasteiger partial charge >= 0.3 is 0 Å². The van der Waals surface area contributed by atoms with Crippen LogP contribution in [0, 0.1) is 5.41 Å². The number of piperidine rings is 1. The average Bonchev–Trinajstić information content (AvgIpc) is 2.39. The Morgan fingerprint density at radius 2 is 2.26 bits per heavy atom. The molecular weight excluding hydrogens is 264 g/mol. The van der Waals surface area contributed by atoms with Crippen molar-refractivity contribution in [2.75, 3.05) is 26.2 Å². The second kappa shape index (κ2) is 8.08. The van der Waals surface area contributed by atoms with Crippen molar-refractivity contribution in [3.63, 3.8) is 0 Å². The molecular formula is C14H27ClN2O2. The summed E-state index contributed by atoms with van der Waals surface area (Å²) < 4.78 is 5.59. The van der Waals surface area contributed by atoms with Crippen molar-refractivity contribution in [2.45, 2.75) is 51.6 Å². The molecule has 0 aromatic rings. The fourth-order valence-electron chi connectivity index (χ4n) is 2.83. The van der Waals surface area contributed by atoms with Crippen molar-refractivity contribution >= 4 is 18.3 Å².